The second kappa shape index (κ2) is 9.97. The van der Waals surface area contributed by atoms with Crippen LogP contribution in [0.25, 0.3) is 5.69 Å². The van der Waals surface area contributed by atoms with Crippen LogP contribution in [0, 0.1) is 34.6 Å². The number of amides is 1. The number of anilines is 1. The number of esters is 1. The highest BCUT2D eigenvalue weighted by Gasteiger charge is 2.22. The summed E-state index contributed by atoms with van der Waals surface area (Å²) in [5.41, 5.74) is 6.86. The molecule has 0 unspecified atom stereocenters. The Hall–Kier alpha value is -4.20. The van der Waals surface area contributed by atoms with Crippen LogP contribution in [0.1, 0.15) is 44.3 Å². The molecule has 2 aromatic carbocycles. The fraction of sp³-hybridized carbons (Fsp3) is 0.259. The standard InChI is InChI=1S/C27H29N5O3/c1-17-11-13-23(14-12-17)32-21(5)26(19(3)30-32)28-24(33)16-35-27(34)25-18(2)29-31(20(25)4)15-22-9-7-6-8-10-22/h6-14H,15-16H2,1-5H3,(H,28,33). The molecule has 0 radical (unpaired) electrons. The predicted octanol–water partition coefficient (Wildman–Crippen LogP) is 4.45. The van der Waals surface area contributed by atoms with Crippen LogP contribution < -0.4 is 5.32 Å². The minimum absolute atomic E-state index is 0.383. The van der Waals surface area contributed by atoms with Crippen molar-refractivity contribution in [1.29, 1.82) is 0 Å². The number of ether oxygens (including phenoxy) is 1. The number of hydrogen-bond acceptors (Lipinski definition) is 5. The largest absolute Gasteiger partial charge is 0.452 e. The fourth-order valence-corrected chi connectivity index (χ4v) is 4.04. The number of carbonyl (C=O) groups is 2. The molecule has 8 heteroatoms. The van der Waals surface area contributed by atoms with Crippen molar-refractivity contribution in [3.63, 3.8) is 0 Å². The van der Waals surface area contributed by atoms with Crippen LogP contribution in [-0.4, -0.2) is 38.0 Å². The summed E-state index contributed by atoms with van der Waals surface area (Å²) in [4.78, 5) is 25.4. The second-order valence-electron chi connectivity index (χ2n) is 8.61. The molecule has 35 heavy (non-hydrogen) atoms. The third kappa shape index (κ3) is 5.16. The summed E-state index contributed by atoms with van der Waals surface area (Å²) < 4.78 is 8.89. The van der Waals surface area contributed by atoms with Crippen molar-refractivity contribution in [2.75, 3.05) is 11.9 Å². The van der Waals surface area contributed by atoms with E-state index >= 15 is 0 Å². The molecule has 0 saturated carbocycles. The van der Waals surface area contributed by atoms with E-state index < -0.39 is 18.5 Å². The van der Waals surface area contributed by atoms with Crippen LogP contribution in [0.15, 0.2) is 54.6 Å². The van der Waals surface area contributed by atoms with Crippen molar-refractivity contribution in [3.8, 4) is 5.69 Å². The number of rotatable bonds is 7. The average Bonchev–Trinajstić information content (AvgIpc) is 3.27. The summed E-state index contributed by atoms with van der Waals surface area (Å²) in [6.45, 7) is 9.46. The molecular weight excluding hydrogens is 442 g/mol. The van der Waals surface area contributed by atoms with Crippen molar-refractivity contribution in [2.24, 2.45) is 0 Å². The predicted molar refractivity (Wildman–Crippen MR) is 134 cm³/mol. The van der Waals surface area contributed by atoms with Gasteiger partial charge in [0.25, 0.3) is 5.91 Å². The SMILES string of the molecule is Cc1ccc(-n2nc(C)c(NC(=O)COC(=O)c3c(C)nn(Cc4ccccc4)c3C)c2C)cc1. The van der Waals surface area contributed by atoms with Crippen LogP contribution in [0.2, 0.25) is 0 Å². The Morgan fingerprint density at radius 2 is 1.54 bits per heavy atom. The lowest BCUT2D eigenvalue weighted by atomic mass is 10.2. The Balaban J connectivity index is 1.41. The minimum Gasteiger partial charge on any atom is -0.452 e. The van der Waals surface area contributed by atoms with Gasteiger partial charge in [-0.15, -0.1) is 0 Å². The van der Waals surface area contributed by atoms with Gasteiger partial charge in [-0.25, -0.2) is 9.48 Å². The van der Waals surface area contributed by atoms with Crippen molar-refractivity contribution in [3.05, 3.63) is 94.1 Å². The van der Waals surface area contributed by atoms with E-state index in [1.807, 2.05) is 82.3 Å². The van der Waals surface area contributed by atoms with Gasteiger partial charge in [-0.05, 0) is 52.3 Å². The van der Waals surface area contributed by atoms with Crippen molar-refractivity contribution in [2.45, 2.75) is 41.2 Å². The van der Waals surface area contributed by atoms with Gasteiger partial charge < -0.3 is 10.1 Å². The molecule has 0 aliphatic heterocycles. The van der Waals surface area contributed by atoms with Gasteiger partial charge in [-0.1, -0.05) is 48.0 Å². The number of aromatic nitrogens is 4. The topological polar surface area (TPSA) is 91.0 Å². The monoisotopic (exact) mass is 471 g/mol. The lowest BCUT2D eigenvalue weighted by molar-refractivity contribution is -0.119. The summed E-state index contributed by atoms with van der Waals surface area (Å²) in [5.74, 6) is -1.00. The Kier molecular flexibility index (Phi) is 6.82. The Morgan fingerprint density at radius 3 is 2.23 bits per heavy atom. The molecular formula is C27H29N5O3. The molecule has 8 nitrogen and oxygen atoms in total. The van der Waals surface area contributed by atoms with Gasteiger partial charge in [-0.2, -0.15) is 10.2 Å². The first-order valence-electron chi connectivity index (χ1n) is 11.4. The van der Waals surface area contributed by atoms with E-state index in [0.29, 0.717) is 34.9 Å². The quantitative estimate of drug-likeness (QED) is 0.402. The highest BCUT2D eigenvalue weighted by molar-refractivity contribution is 5.97. The van der Waals surface area contributed by atoms with E-state index in [4.69, 9.17) is 4.74 Å². The molecule has 1 amide bonds. The highest BCUT2D eigenvalue weighted by Crippen LogP contribution is 2.23. The number of aryl methyl sites for hydroxylation is 3. The van der Waals surface area contributed by atoms with Gasteiger partial charge in [0.1, 0.15) is 5.56 Å². The first kappa shape index (κ1) is 23.9. The third-order valence-electron chi connectivity index (χ3n) is 5.93. The Bertz CT molecular complexity index is 1370. The first-order valence-corrected chi connectivity index (χ1v) is 11.4. The normalized spacial score (nSPS) is 10.9. The zero-order valence-electron chi connectivity index (χ0n) is 20.6. The number of nitrogens with one attached hydrogen (secondary N) is 1. The molecule has 4 rings (SSSR count). The lowest BCUT2D eigenvalue weighted by Crippen LogP contribution is -2.22. The van der Waals surface area contributed by atoms with Gasteiger partial charge in [-0.3, -0.25) is 9.48 Å². The molecule has 0 aliphatic carbocycles. The van der Waals surface area contributed by atoms with Crippen LogP contribution in [-0.2, 0) is 16.1 Å². The van der Waals surface area contributed by atoms with Gasteiger partial charge >= 0.3 is 5.97 Å². The van der Waals surface area contributed by atoms with Gasteiger partial charge in [0.05, 0.1) is 40.7 Å². The molecule has 4 aromatic rings. The molecule has 2 heterocycles. The van der Waals surface area contributed by atoms with Crippen LogP contribution in [0.4, 0.5) is 5.69 Å². The Morgan fingerprint density at radius 1 is 0.857 bits per heavy atom. The van der Waals surface area contributed by atoms with E-state index in [9.17, 15) is 9.59 Å². The number of nitrogens with zero attached hydrogens (tertiary/aromatic N) is 4. The van der Waals surface area contributed by atoms with Gasteiger partial charge in [0.2, 0.25) is 0 Å². The number of benzene rings is 2. The van der Waals surface area contributed by atoms with Crippen LogP contribution in [0.5, 0.6) is 0 Å². The van der Waals surface area contributed by atoms with E-state index in [1.54, 1.807) is 16.3 Å². The highest BCUT2D eigenvalue weighted by atomic mass is 16.5. The molecule has 0 bridgehead atoms. The molecule has 180 valence electrons. The van der Waals surface area contributed by atoms with Gasteiger partial charge in [0.15, 0.2) is 6.61 Å². The summed E-state index contributed by atoms with van der Waals surface area (Å²) in [7, 11) is 0. The second-order valence-corrected chi connectivity index (χ2v) is 8.61. The third-order valence-corrected chi connectivity index (χ3v) is 5.93. The van der Waals surface area contributed by atoms with Crippen molar-refractivity contribution < 1.29 is 14.3 Å². The molecule has 0 saturated heterocycles. The Labute approximate surface area is 204 Å². The van der Waals surface area contributed by atoms with E-state index in [-0.39, 0.29) is 0 Å². The van der Waals surface area contributed by atoms with Crippen LogP contribution >= 0.6 is 0 Å². The van der Waals surface area contributed by atoms with E-state index in [1.165, 1.54) is 0 Å². The maximum atomic E-state index is 12.8. The summed E-state index contributed by atoms with van der Waals surface area (Å²) in [5, 5.41) is 11.9. The van der Waals surface area contributed by atoms with Gasteiger partial charge in [0, 0.05) is 0 Å². The minimum atomic E-state index is -0.571. The first-order chi connectivity index (χ1) is 16.7. The number of carbonyl (C=O) groups excluding carboxylic acids is 2. The molecule has 0 fully saturated rings. The summed E-state index contributed by atoms with van der Waals surface area (Å²) >= 11 is 0. The van der Waals surface area contributed by atoms with Crippen molar-refractivity contribution >= 4 is 17.6 Å². The molecule has 2 aromatic heterocycles. The zero-order chi connectivity index (χ0) is 25.1. The molecule has 0 aliphatic rings. The van der Waals surface area contributed by atoms with E-state index in [0.717, 1.165) is 22.5 Å². The lowest BCUT2D eigenvalue weighted by Gasteiger charge is -2.09. The number of hydrogen-bond donors (Lipinski definition) is 1. The fourth-order valence-electron chi connectivity index (χ4n) is 4.04. The maximum Gasteiger partial charge on any atom is 0.342 e. The smallest absolute Gasteiger partial charge is 0.342 e. The zero-order valence-corrected chi connectivity index (χ0v) is 20.6. The van der Waals surface area contributed by atoms with Crippen molar-refractivity contribution in [1.82, 2.24) is 19.6 Å². The maximum absolute atomic E-state index is 12.8. The molecule has 0 atom stereocenters. The average molecular weight is 472 g/mol. The van der Waals surface area contributed by atoms with E-state index in [2.05, 4.69) is 15.5 Å². The molecule has 0 spiro atoms. The summed E-state index contributed by atoms with van der Waals surface area (Å²) in [6.07, 6.45) is 0. The summed E-state index contributed by atoms with van der Waals surface area (Å²) in [6, 6.07) is 17.9. The van der Waals surface area contributed by atoms with Crippen LogP contribution in [0.3, 0.4) is 0 Å². The molecule has 1 N–H and O–H groups in total.